The summed E-state index contributed by atoms with van der Waals surface area (Å²) in [5.41, 5.74) is 8.08. The number of anilines is 1. The monoisotopic (exact) mass is 493 g/mol. The van der Waals surface area contributed by atoms with E-state index in [1.165, 1.54) is 28.6 Å². The molecule has 34 heavy (non-hydrogen) atoms. The molecule has 0 aliphatic carbocycles. The zero-order valence-corrected chi connectivity index (χ0v) is 19.1. The van der Waals surface area contributed by atoms with Gasteiger partial charge < -0.3 is 10.5 Å². The van der Waals surface area contributed by atoms with Crippen molar-refractivity contribution in [2.24, 2.45) is 5.73 Å². The molecule has 2 heterocycles. The molecule has 2 N–H and O–H groups in total. The van der Waals surface area contributed by atoms with Crippen LogP contribution in [0.2, 0.25) is 5.02 Å². The number of allylic oxidation sites excluding steroid dienone is 2. The van der Waals surface area contributed by atoms with Gasteiger partial charge in [0.1, 0.15) is 22.4 Å². The standard InChI is InChI=1S/C25H17ClFN3O3S/c26-17-5-3-4-16(12-17)22-20(13-28)25(29)33-23-19-6-1-2-7-21(19)30(34(31,32)24(22)23)14-15-8-10-18(27)11-9-15/h1-12,22H,14,29H2/t22-/m1/s1. The Morgan fingerprint density at radius 2 is 1.82 bits per heavy atom. The highest BCUT2D eigenvalue weighted by Gasteiger charge is 2.47. The van der Waals surface area contributed by atoms with E-state index in [-0.39, 0.29) is 28.7 Å². The molecule has 1 atom stereocenters. The molecule has 2 aliphatic rings. The van der Waals surface area contributed by atoms with Gasteiger partial charge in [0.05, 0.1) is 18.2 Å². The van der Waals surface area contributed by atoms with Crippen LogP contribution in [0.3, 0.4) is 0 Å². The summed E-state index contributed by atoms with van der Waals surface area (Å²) >= 11 is 6.20. The van der Waals surface area contributed by atoms with E-state index >= 15 is 0 Å². The van der Waals surface area contributed by atoms with E-state index < -0.39 is 21.8 Å². The SMILES string of the molecule is N#CC1=C(N)OC2=C([C@@H]1c1cccc(Cl)c1)S(=O)(=O)N(Cc1ccc(F)cc1)c1ccccc12. The molecule has 0 radical (unpaired) electrons. The van der Waals surface area contributed by atoms with Crippen LogP contribution >= 0.6 is 11.6 Å². The predicted octanol–water partition coefficient (Wildman–Crippen LogP) is 5.01. The topological polar surface area (TPSA) is 96.4 Å². The van der Waals surface area contributed by atoms with Crippen molar-refractivity contribution in [3.8, 4) is 6.07 Å². The van der Waals surface area contributed by atoms with E-state index in [0.717, 1.165) is 0 Å². The number of hydrogen-bond acceptors (Lipinski definition) is 5. The molecule has 0 bridgehead atoms. The number of sulfonamides is 1. The molecule has 0 amide bonds. The summed E-state index contributed by atoms with van der Waals surface area (Å²) in [7, 11) is -4.21. The highest BCUT2D eigenvalue weighted by Crippen LogP contribution is 2.51. The Morgan fingerprint density at radius 3 is 2.53 bits per heavy atom. The minimum absolute atomic E-state index is 0.0225. The second-order valence-corrected chi connectivity index (χ2v) is 10.1. The molecule has 0 unspecified atom stereocenters. The van der Waals surface area contributed by atoms with Gasteiger partial charge in [0.2, 0.25) is 5.88 Å². The average Bonchev–Trinajstić information content (AvgIpc) is 2.82. The first kappa shape index (κ1) is 22.0. The molecule has 3 aromatic rings. The quantitative estimate of drug-likeness (QED) is 0.553. The molecule has 9 heteroatoms. The Kier molecular flexibility index (Phi) is 5.31. The number of para-hydroxylation sites is 1. The fourth-order valence-corrected chi connectivity index (χ4v) is 6.37. The minimum Gasteiger partial charge on any atom is -0.439 e. The van der Waals surface area contributed by atoms with E-state index in [4.69, 9.17) is 22.1 Å². The number of halogens is 2. The number of nitrogens with two attached hydrogens (primary N) is 1. The normalized spacial score (nSPS) is 18.6. The first-order valence-electron chi connectivity index (χ1n) is 10.2. The van der Waals surface area contributed by atoms with Gasteiger partial charge in [-0.3, -0.25) is 4.31 Å². The lowest BCUT2D eigenvalue weighted by Gasteiger charge is -2.38. The molecule has 5 rings (SSSR count). The lowest BCUT2D eigenvalue weighted by atomic mass is 9.88. The summed E-state index contributed by atoms with van der Waals surface area (Å²) in [5, 5.41) is 10.3. The summed E-state index contributed by atoms with van der Waals surface area (Å²) in [4.78, 5) is -0.0960. The number of fused-ring (bicyclic) bond motifs is 2. The predicted molar refractivity (Wildman–Crippen MR) is 127 cm³/mol. The fourth-order valence-electron chi connectivity index (χ4n) is 4.25. The summed E-state index contributed by atoms with van der Waals surface area (Å²) in [5.74, 6) is -1.52. The average molecular weight is 494 g/mol. The summed E-state index contributed by atoms with van der Waals surface area (Å²) < 4.78 is 48.7. The van der Waals surface area contributed by atoms with Gasteiger partial charge >= 0.3 is 0 Å². The lowest BCUT2D eigenvalue weighted by Crippen LogP contribution is -2.39. The molecule has 6 nitrogen and oxygen atoms in total. The number of nitriles is 1. The van der Waals surface area contributed by atoms with Crippen LogP contribution in [0.4, 0.5) is 10.1 Å². The second-order valence-electron chi connectivity index (χ2n) is 7.83. The van der Waals surface area contributed by atoms with E-state index in [1.54, 1.807) is 48.5 Å². The molecule has 0 spiro atoms. The van der Waals surface area contributed by atoms with Gasteiger partial charge in [0.25, 0.3) is 10.0 Å². The van der Waals surface area contributed by atoms with Crippen LogP contribution in [-0.4, -0.2) is 8.42 Å². The van der Waals surface area contributed by atoms with Crippen molar-refractivity contribution in [2.45, 2.75) is 12.5 Å². The van der Waals surface area contributed by atoms with Gasteiger partial charge in [0, 0.05) is 10.6 Å². The molecule has 170 valence electrons. The van der Waals surface area contributed by atoms with Crippen molar-refractivity contribution in [3.63, 3.8) is 0 Å². The third-order valence-electron chi connectivity index (χ3n) is 5.78. The zero-order valence-electron chi connectivity index (χ0n) is 17.6. The fraction of sp³-hybridized carbons (Fsp3) is 0.0800. The largest absolute Gasteiger partial charge is 0.439 e. The summed E-state index contributed by atoms with van der Waals surface area (Å²) in [6, 6.07) is 21.1. The molecule has 3 aromatic carbocycles. The maximum absolute atomic E-state index is 14.1. The number of nitrogens with zero attached hydrogens (tertiary/aromatic N) is 2. The van der Waals surface area contributed by atoms with Crippen molar-refractivity contribution < 1.29 is 17.5 Å². The van der Waals surface area contributed by atoms with Gasteiger partial charge in [-0.1, -0.05) is 48.0 Å². The van der Waals surface area contributed by atoms with Gasteiger partial charge in [-0.15, -0.1) is 0 Å². The highest BCUT2D eigenvalue weighted by atomic mass is 35.5. The first-order valence-corrected chi connectivity index (χ1v) is 12.1. The van der Waals surface area contributed by atoms with Crippen molar-refractivity contribution >= 4 is 33.1 Å². The van der Waals surface area contributed by atoms with Crippen LogP contribution in [0.15, 0.2) is 89.2 Å². The molecular weight excluding hydrogens is 477 g/mol. The Bertz CT molecular complexity index is 1530. The van der Waals surface area contributed by atoms with E-state index in [2.05, 4.69) is 0 Å². The van der Waals surface area contributed by atoms with Crippen molar-refractivity contribution in [1.29, 1.82) is 5.26 Å². The van der Waals surface area contributed by atoms with Crippen LogP contribution in [0, 0.1) is 17.1 Å². The molecule has 0 saturated heterocycles. The Hall–Kier alpha value is -3.80. The van der Waals surface area contributed by atoms with E-state index in [9.17, 15) is 18.1 Å². The number of benzene rings is 3. The Balaban J connectivity index is 1.76. The number of ether oxygens (including phenoxy) is 1. The van der Waals surface area contributed by atoms with Crippen LogP contribution in [-0.2, 0) is 21.3 Å². The number of rotatable bonds is 3. The smallest absolute Gasteiger partial charge is 0.265 e. The molecule has 0 saturated carbocycles. The molecular formula is C25H17ClFN3O3S. The molecule has 0 fully saturated rings. The molecule has 0 aromatic heterocycles. The zero-order chi connectivity index (χ0) is 24.0. The van der Waals surface area contributed by atoms with Crippen molar-refractivity contribution in [1.82, 2.24) is 0 Å². The Labute approximate surface area is 201 Å². The van der Waals surface area contributed by atoms with Crippen LogP contribution in [0.1, 0.15) is 22.6 Å². The Morgan fingerprint density at radius 1 is 1.09 bits per heavy atom. The van der Waals surface area contributed by atoms with Gasteiger partial charge in [-0.2, -0.15) is 5.26 Å². The maximum Gasteiger partial charge on any atom is 0.265 e. The maximum atomic E-state index is 14.1. The van der Waals surface area contributed by atoms with Crippen LogP contribution in [0.25, 0.3) is 5.76 Å². The van der Waals surface area contributed by atoms with E-state index in [0.29, 0.717) is 27.4 Å². The van der Waals surface area contributed by atoms with E-state index in [1.807, 2.05) is 6.07 Å². The van der Waals surface area contributed by atoms with Gasteiger partial charge in [-0.25, -0.2) is 12.8 Å². The lowest BCUT2D eigenvalue weighted by molar-refractivity contribution is 0.357. The third-order valence-corrected chi connectivity index (χ3v) is 7.90. The summed E-state index contributed by atoms with van der Waals surface area (Å²) in [6.07, 6.45) is 0. The van der Waals surface area contributed by atoms with Crippen molar-refractivity contribution in [3.05, 3.63) is 117 Å². The first-order chi connectivity index (χ1) is 16.3. The summed E-state index contributed by atoms with van der Waals surface area (Å²) in [6.45, 7) is -0.0419. The van der Waals surface area contributed by atoms with Gasteiger partial charge in [-0.05, 0) is 47.5 Å². The second kappa shape index (κ2) is 8.20. The highest BCUT2D eigenvalue weighted by molar-refractivity contribution is 7.96. The third kappa shape index (κ3) is 3.50. The van der Waals surface area contributed by atoms with Crippen molar-refractivity contribution in [2.75, 3.05) is 4.31 Å². The number of hydrogen-bond donors (Lipinski definition) is 1. The van der Waals surface area contributed by atoms with Gasteiger partial charge in [0.15, 0.2) is 5.76 Å². The van der Waals surface area contributed by atoms with Crippen LogP contribution in [0.5, 0.6) is 0 Å². The van der Waals surface area contributed by atoms with Crippen LogP contribution < -0.4 is 10.0 Å². The minimum atomic E-state index is -4.21. The molecule has 2 aliphatic heterocycles.